The summed E-state index contributed by atoms with van der Waals surface area (Å²) in [5, 5.41) is 7.50. The standard InChI is InChI=1S/C28H20F2N6O2/c1-38-22-11-10-20(29)14-21(22)27(28(37)34-24-4-2-3-13-32-24)36-16-19-9-8-18(25(30)26(19)35-36)7-5-17-6-12-23(31)33-15-17/h2-4,6,8-16,27H,1H3,(H2,31,33)(H,32,34,37). The first-order chi connectivity index (χ1) is 18.4. The van der Waals surface area contributed by atoms with Crippen molar-refractivity contribution in [2.45, 2.75) is 6.04 Å². The fraction of sp³-hybridized carbons (Fsp3) is 0.0714. The fourth-order valence-corrected chi connectivity index (χ4v) is 3.87. The van der Waals surface area contributed by atoms with E-state index in [-0.39, 0.29) is 28.2 Å². The van der Waals surface area contributed by atoms with Crippen LogP contribution in [-0.2, 0) is 4.79 Å². The molecule has 5 rings (SSSR count). The lowest BCUT2D eigenvalue weighted by atomic mass is 10.0. The SMILES string of the molecule is COc1ccc(F)cc1C(C(=O)Nc1ccccn1)n1cc2ccc(C#Cc3ccc(N)nc3)c(F)c2n1. The molecule has 1 amide bonds. The molecule has 188 valence electrons. The molecule has 8 nitrogen and oxygen atoms in total. The van der Waals surface area contributed by atoms with Gasteiger partial charge in [0, 0.05) is 35.1 Å². The van der Waals surface area contributed by atoms with Crippen LogP contribution in [0.4, 0.5) is 20.4 Å². The number of carbonyl (C=O) groups excluding carboxylic acids is 1. The number of benzene rings is 2. The molecule has 0 spiro atoms. The monoisotopic (exact) mass is 510 g/mol. The molecule has 5 aromatic rings. The summed E-state index contributed by atoms with van der Waals surface area (Å²) in [7, 11) is 1.41. The van der Waals surface area contributed by atoms with Crippen LogP contribution in [-0.4, -0.2) is 32.8 Å². The van der Waals surface area contributed by atoms with E-state index in [1.807, 2.05) is 0 Å². The molecule has 1 atom stereocenters. The molecule has 10 heteroatoms. The molecule has 0 saturated carbocycles. The predicted octanol–water partition coefficient (Wildman–Crippen LogP) is 4.32. The average molecular weight is 511 g/mol. The first kappa shape index (κ1) is 24.4. The van der Waals surface area contributed by atoms with E-state index in [1.165, 1.54) is 54.6 Å². The van der Waals surface area contributed by atoms with Crippen molar-refractivity contribution in [3.05, 3.63) is 108 Å². The summed E-state index contributed by atoms with van der Waals surface area (Å²) >= 11 is 0. The van der Waals surface area contributed by atoms with Crippen LogP contribution in [0.3, 0.4) is 0 Å². The number of carbonyl (C=O) groups is 1. The van der Waals surface area contributed by atoms with Gasteiger partial charge in [-0.2, -0.15) is 5.10 Å². The molecule has 3 N–H and O–H groups in total. The van der Waals surface area contributed by atoms with Crippen molar-refractivity contribution in [1.82, 2.24) is 19.7 Å². The number of aromatic nitrogens is 4. The summed E-state index contributed by atoms with van der Waals surface area (Å²) in [4.78, 5) is 21.6. The van der Waals surface area contributed by atoms with E-state index in [4.69, 9.17) is 10.5 Å². The largest absolute Gasteiger partial charge is 0.496 e. The zero-order valence-electron chi connectivity index (χ0n) is 20.0. The molecule has 0 bridgehead atoms. The van der Waals surface area contributed by atoms with Crippen molar-refractivity contribution in [3.63, 3.8) is 0 Å². The van der Waals surface area contributed by atoms with Gasteiger partial charge in [0.05, 0.1) is 12.7 Å². The van der Waals surface area contributed by atoms with Crippen molar-refractivity contribution in [2.75, 3.05) is 18.2 Å². The van der Waals surface area contributed by atoms with Crippen LogP contribution in [0.15, 0.2) is 79.3 Å². The van der Waals surface area contributed by atoms with Gasteiger partial charge in [0.15, 0.2) is 11.9 Å². The first-order valence-corrected chi connectivity index (χ1v) is 11.4. The summed E-state index contributed by atoms with van der Waals surface area (Å²) in [6.07, 6.45) is 4.52. The van der Waals surface area contributed by atoms with Crippen molar-refractivity contribution in [1.29, 1.82) is 0 Å². The lowest BCUT2D eigenvalue weighted by Gasteiger charge is -2.20. The number of hydrogen-bond acceptors (Lipinski definition) is 6. The normalized spacial score (nSPS) is 11.4. The van der Waals surface area contributed by atoms with Crippen molar-refractivity contribution >= 4 is 28.4 Å². The van der Waals surface area contributed by atoms with Gasteiger partial charge in [-0.15, -0.1) is 0 Å². The van der Waals surface area contributed by atoms with Gasteiger partial charge >= 0.3 is 0 Å². The highest BCUT2D eigenvalue weighted by atomic mass is 19.1. The second-order valence-electron chi connectivity index (χ2n) is 8.19. The number of amides is 1. The van der Waals surface area contributed by atoms with Crippen molar-refractivity contribution in [2.24, 2.45) is 0 Å². The Morgan fingerprint density at radius 3 is 2.68 bits per heavy atom. The van der Waals surface area contributed by atoms with E-state index in [0.717, 1.165) is 0 Å². The second kappa shape index (κ2) is 10.4. The number of anilines is 2. The summed E-state index contributed by atoms with van der Waals surface area (Å²) < 4.78 is 36.4. The van der Waals surface area contributed by atoms with Crippen LogP contribution in [0.25, 0.3) is 10.9 Å². The minimum Gasteiger partial charge on any atom is -0.496 e. The molecule has 3 aromatic heterocycles. The average Bonchev–Trinajstić information content (AvgIpc) is 3.35. The van der Waals surface area contributed by atoms with E-state index in [1.54, 1.807) is 36.4 Å². The Morgan fingerprint density at radius 1 is 1.08 bits per heavy atom. The van der Waals surface area contributed by atoms with Gasteiger partial charge in [-0.3, -0.25) is 9.48 Å². The third-order valence-corrected chi connectivity index (χ3v) is 5.68. The first-order valence-electron chi connectivity index (χ1n) is 11.4. The third kappa shape index (κ3) is 4.99. The topological polar surface area (TPSA) is 108 Å². The molecular formula is C28H20F2N6O2. The number of pyridine rings is 2. The van der Waals surface area contributed by atoms with E-state index in [2.05, 4.69) is 32.2 Å². The molecule has 0 aliphatic rings. The van der Waals surface area contributed by atoms with Crippen molar-refractivity contribution in [3.8, 4) is 17.6 Å². The van der Waals surface area contributed by atoms with Crippen LogP contribution >= 0.6 is 0 Å². The maximum atomic E-state index is 15.5. The second-order valence-corrected chi connectivity index (χ2v) is 8.19. The quantitative estimate of drug-likeness (QED) is 0.341. The van der Waals surface area contributed by atoms with Gasteiger partial charge < -0.3 is 15.8 Å². The molecule has 0 aliphatic carbocycles. The Bertz CT molecular complexity index is 1690. The Balaban J connectivity index is 1.58. The smallest absolute Gasteiger partial charge is 0.255 e. The Labute approximate surface area is 216 Å². The number of methoxy groups -OCH3 is 1. The zero-order valence-corrected chi connectivity index (χ0v) is 20.0. The van der Waals surface area contributed by atoms with Crippen LogP contribution in [0.1, 0.15) is 22.7 Å². The van der Waals surface area contributed by atoms with Crippen LogP contribution < -0.4 is 15.8 Å². The van der Waals surface area contributed by atoms with Crippen molar-refractivity contribution < 1.29 is 18.3 Å². The van der Waals surface area contributed by atoms with Gasteiger partial charge in [0.2, 0.25) is 0 Å². The van der Waals surface area contributed by atoms with Gasteiger partial charge in [0.25, 0.3) is 5.91 Å². The Morgan fingerprint density at radius 2 is 1.95 bits per heavy atom. The van der Waals surface area contributed by atoms with Gasteiger partial charge in [-0.25, -0.2) is 18.7 Å². The summed E-state index contributed by atoms with van der Waals surface area (Å²) in [5.74, 6) is 4.72. The summed E-state index contributed by atoms with van der Waals surface area (Å²) in [6, 6.07) is 14.1. The summed E-state index contributed by atoms with van der Waals surface area (Å²) in [5.41, 5.74) is 6.46. The van der Waals surface area contributed by atoms with E-state index in [0.29, 0.717) is 16.8 Å². The highest BCUT2D eigenvalue weighted by molar-refractivity contribution is 5.96. The molecule has 1 unspecified atom stereocenters. The van der Waals surface area contributed by atoms with Crippen LogP contribution in [0, 0.1) is 23.5 Å². The molecule has 0 radical (unpaired) electrons. The highest BCUT2D eigenvalue weighted by Crippen LogP contribution is 2.31. The molecule has 38 heavy (non-hydrogen) atoms. The van der Waals surface area contributed by atoms with Gasteiger partial charge in [0.1, 0.15) is 28.7 Å². The van der Waals surface area contributed by atoms with Crippen LogP contribution in [0.2, 0.25) is 0 Å². The predicted molar refractivity (Wildman–Crippen MR) is 138 cm³/mol. The molecular weight excluding hydrogens is 490 g/mol. The number of rotatable bonds is 5. The lowest BCUT2D eigenvalue weighted by Crippen LogP contribution is -2.28. The number of hydrogen-bond donors (Lipinski definition) is 2. The Hall–Kier alpha value is -5.30. The van der Waals surface area contributed by atoms with Gasteiger partial charge in [-0.1, -0.05) is 17.9 Å². The molecule has 2 aromatic carbocycles. The third-order valence-electron chi connectivity index (χ3n) is 5.68. The Kier molecular flexibility index (Phi) is 6.65. The maximum Gasteiger partial charge on any atom is 0.255 e. The molecule has 0 saturated heterocycles. The number of ether oxygens (including phenoxy) is 1. The number of halogens is 2. The maximum absolute atomic E-state index is 15.5. The number of fused-ring (bicyclic) bond motifs is 1. The zero-order chi connectivity index (χ0) is 26.6. The van der Waals surface area contributed by atoms with Gasteiger partial charge in [-0.05, 0) is 54.6 Å². The fourth-order valence-electron chi connectivity index (χ4n) is 3.87. The van der Waals surface area contributed by atoms with E-state index >= 15 is 4.39 Å². The number of nitrogen functional groups attached to an aromatic ring is 1. The minimum absolute atomic E-state index is 0.00163. The lowest BCUT2D eigenvalue weighted by molar-refractivity contribution is -0.118. The molecule has 3 heterocycles. The number of nitrogens with two attached hydrogens (primary N) is 1. The molecule has 0 aliphatic heterocycles. The van der Waals surface area contributed by atoms with Crippen LogP contribution in [0.5, 0.6) is 5.75 Å². The van der Waals surface area contributed by atoms with E-state index in [9.17, 15) is 9.18 Å². The highest BCUT2D eigenvalue weighted by Gasteiger charge is 2.29. The van der Waals surface area contributed by atoms with E-state index < -0.39 is 23.6 Å². The number of nitrogens with zero attached hydrogens (tertiary/aromatic N) is 4. The molecule has 0 fully saturated rings. The minimum atomic E-state index is -1.20. The summed E-state index contributed by atoms with van der Waals surface area (Å²) in [6.45, 7) is 0. The number of nitrogens with one attached hydrogen (secondary N) is 1.